The van der Waals surface area contributed by atoms with E-state index in [1.807, 2.05) is 35.2 Å². The topological polar surface area (TPSA) is 68.1 Å². The van der Waals surface area contributed by atoms with Gasteiger partial charge in [0.25, 0.3) is 5.56 Å². The molecule has 0 radical (unpaired) electrons. The first kappa shape index (κ1) is 19.3. The second-order valence-corrected chi connectivity index (χ2v) is 8.24. The van der Waals surface area contributed by atoms with Crippen LogP contribution in [0.2, 0.25) is 0 Å². The molecule has 0 unspecified atom stereocenters. The van der Waals surface area contributed by atoms with Crippen molar-refractivity contribution < 1.29 is 4.79 Å². The molecule has 1 fully saturated rings. The van der Waals surface area contributed by atoms with Crippen molar-refractivity contribution in [3.63, 3.8) is 0 Å². The number of hydrogen-bond acceptors (Lipinski definition) is 4. The second-order valence-electron chi connectivity index (χ2n) is 8.24. The molecule has 3 aromatic rings. The lowest BCUT2D eigenvalue weighted by Crippen LogP contribution is -2.45. The van der Waals surface area contributed by atoms with E-state index in [-0.39, 0.29) is 18.0 Å². The number of nitrogens with zero attached hydrogens (tertiary/aromatic N) is 4. The minimum absolute atomic E-state index is 0.0247. The molecule has 1 saturated heterocycles. The molecular weight excluding hydrogens is 364 g/mol. The SMILES string of the molecule is C[C@H]1C[C@H](C)CN(C(=O)Cn2nc(Cc3cccnc3)c3ccccc3c2=O)C1. The molecule has 29 heavy (non-hydrogen) atoms. The monoisotopic (exact) mass is 390 g/mol. The summed E-state index contributed by atoms with van der Waals surface area (Å²) in [6.07, 6.45) is 5.22. The zero-order chi connectivity index (χ0) is 20.4. The van der Waals surface area contributed by atoms with Crippen LogP contribution in [0.3, 0.4) is 0 Å². The highest BCUT2D eigenvalue weighted by Gasteiger charge is 2.26. The Morgan fingerprint density at radius 2 is 1.79 bits per heavy atom. The fourth-order valence-electron chi connectivity index (χ4n) is 4.33. The summed E-state index contributed by atoms with van der Waals surface area (Å²) in [5.41, 5.74) is 1.57. The van der Waals surface area contributed by atoms with Gasteiger partial charge in [0.15, 0.2) is 0 Å². The molecule has 2 aromatic heterocycles. The van der Waals surface area contributed by atoms with Gasteiger partial charge in [-0.15, -0.1) is 0 Å². The van der Waals surface area contributed by atoms with Crippen LogP contribution in [0.15, 0.2) is 53.6 Å². The highest BCUT2D eigenvalue weighted by molar-refractivity contribution is 5.84. The van der Waals surface area contributed by atoms with Gasteiger partial charge in [-0.1, -0.05) is 38.1 Å². The molecule has 0 saturated carbocycles. The molecule has 1 aliphatic heterocycles. The van der Waals surface area contributed by atoms with Crippen LogP contribution in [0.5, 0.6) is 0 Å². The van der Waals surface area contributed by atoms with Crippen molar-refractivity contribution >= 4 is 16.7 Å². The Hall–Kier alpha value is -3.02. The molecule has 1 amide bonds. The average Bonchev–Trinajstić information content (AvgIpc) is 2.71. The van der Waals surface area contributed by atoms with Gasteiger partial charge in [0.2, 0.25) is 5.91 Å². The lowest BCUT2D eigenvalue weighted by molar-refractivity contribution is -0.134. The molecule has 0 spiro atoms. The third-order valence-electron chi connectivity index (χ3n) is 5.55. The van der Waals surface area contributed by atoms with Crippen molar-refractivity contribution in [1.82, 2.24) is 19.7 Å². The highest BCUT2D eigenvalue weighted by Crippen LogP contribution is 2.21. The van der Waals surface area contributed by atoms with E-state index in [4.69, 9.17) is 0 Å². The normalized spacial score (nSPS) is 19.4. The molecule has 0 aliphatic carbocycles. The molecule has 1 aliphatic rings. The van der Waals surface area contributed by atoms with Gasteiger partial charge < -0.3 is 4.90 Å². The molecule has 1 aromatic carbocycles. The first-order chi connectivity index (χ1) is 14.0. The molecule has 3 heterocycles. The molecule has 0 bridgehead atoms. The molecule has 2 atom stereocenters. The quantitative estimate of drug-likeness (QED) is 0.687. The Balaban J connectivity index is 1.68. The Morgan fingerprint density at radius 3 is 2.48 bits per heavy atom. The summed E-state index contributed by atoms with van der Waals surface area (Å²) in [6.45, 7) is 5.80. The number of amides is 1. The standard InChI is InChI=1S/C23H26N4O2/c1-16-10-17(2)14-26(13-16)22(28)15-27-23(29)20-8-4-3-7-19(20)21(25-27)11-18-6-5-9-24-12-18/h3-9,12,16-17H,10-11,13-15H2,1-2H3/t16-,17-/m0/s1. The number of pyridine rings is 1. The minimum atomic E-state index is -0.220. The predicted octanol–water partition coefficient (Wildman–Crippen LogP) is 2.89. The van der Waals surface area contributed by atoms with Gasteiger partial charge in [-0.3, -0.25) is 14.6 Å². The summed E-state index contributed by atoms with van der Waals surface area (Å²) >= 11 is 0. The lowest BCUT2D eigenvalue weighted by atomic mass is 9.92. The predicted molar refractivity (Wildman–Crippen MR) is 113 cm³/mol. The Kier molecular flexibility index (Phi) is 5.43. The number of carbonyl (C=O) groups is 1. The van der Waals surface area contributed by atoms with Gasteiger partial charge in [-0.05, 0) is 36.0 Å². The third kappa shape index (κ3) is 4.21. The van der Waals surface area contributed by atoms with Crippen LogP contribution in [0.25, 0.3) is 10.8 Å². The maximum absolute atomic E-state index is 13.0. The van der Waals surface area contributed by atoms with Gasteiger partial charge in [0, 0.05) is 37.3 Å². The molecule has 6 nitrogen and oxygen atoms in total. The van der Waals surface area contributed by atoms with Crippen molar-refractivity contribution in [2.45, 2.75) is 33.2 Å². The Labute approximate surface area is 170 Å². The summed E-state index contributed by atoms with van der Waals surface area (Å²) in [7, 11) is 0. The van der Waals surface area contributed by atoms with Gasteiger partial charge in [0.1, 0.15) is 6.54 Å². The van der Waals surface area contributed by atoms with Gasteiger partial charge in [-0.2, -0.15) is 5.10 Å². The van der Waals surface area contributed by atoms with Crippen LogP contribution in [0, 0.1) is 11.8 Å². The molecular formula is C23H26N4O2. The lowest BCUT2D eigenvalue weighted by Gasteiger charge is -2.35. The second kappa shape index (κ2) is 8.15. The zero-order valence-electron chi connectivity index (χ0n) is 16.9. The van der Waals surface area contributed by atoms with E-state index in [9.17, 15) is 9.59 Å². The summed E-state index contributed by atoms with van der Waals surface area (Å²) in [4.78, 5) is 32.0. The van der Waals surface area contributed by atoms with E-state index < -0.39 is 0 Å². The number of aromatic nitrogens is 3. The molecule has 4 rings (SSSR count). The van der Waals surface area contributed by atoms with Gasteiger partial charge in [-0.25, -0.2) is 4.68 Å². The van der Waals surface area contributed by atoms with Gasteiger partial charge in [0.05, 0.1) is 11.1 Å². The third-order valence-corrected chi connectivity index (χ3v) is 5.55. The zero-order valence-corrected chi connectivity index (χ0v) is 16.9. The summed E-state index contributed by atoms with van der Waals surface area (Å²) in [5.74, 6) is 0.913. The number of piperidine rings is 1. The largest absolute Gasteiger partial charge is 0.341 e. The van der Waals surface area contributed by atoms with E-state index in [1.165, 1.54) is 4.68 Å². The summed E-state index contributed by atoms with van der Waals surface area (Å²) < 4.78 is 1.33. The van der Waals surface area contributed by atoms with Crippen LogP contribution in [0.4, 0.5) is 0 Å². The number of rotatable bonds is 4. The molecule has 0 N–H and O–H groups in total. The number of hydrogen-bond donors (Lipinski definition) is 0. The van der Waals surface area contributed by atoms with Gasteiger partial charge >= 0.3 is 0 Å². The van der Waals surface area contributed by atoms with E-state index in [0.717, 1.165) is 36.2 Å². The fraction of sp³-hybridized carbons (Fsp3) is 0.391. The molecule has 150 valence electrons. The number of benzene rings is 1. The number of carbonyl (C=O) groups excluding carboxylic acids is 1. The van der Waals surface area contributed by atoms with E-state index in [1.54, 1.807) is 18.5 Å². The van der Waals surface area contributed by atoms with Crippen LogP contribution in [-0.4, -0.2) is 38.7 Å². The first-order valence-electron chi connectivity index (χ1n) is 10.2. The smallest absolute Gasteiger partial charge is 0.275 e. The van der Waals surface area contributed by atoms with E-state index >= 15 is 0 Å². The van der Waals surface area contributed by atoms with Crippen molar-refractivity contribution in [1.29, 1.82) is 0 Å². The van der Waals surface area contributed by atoms with E-state index in [2.05, 4.69) is 23.9 Å². The average molecular weight is 390 g/mol. The maximum atomic E-state index is 13.0. The van der Waals surface area contributed by atoms with E-state index in [0.29, 0.717) is 23.6 Å². The minimum Gasteiger partial charge on any atom is -0.341 e. The number of fused-ring (bicyclic) bond motifs is 1. The van der Waals surface area contributed by atoms with Crippen LogP contribution < -0.4 is 5.56 Å². The summed E-state index contributed by atoms with van der Waals surface area (Å²) in [6, 6.07) is 11.3. The van der Waals surface area contributed by atoms with Crippen LogP contribution >= 0.6 is 0 Å². The maximum Gasteiger partial charge on any atom is 0.275 e. The Bertz CT molecular complexity index is 1070. The summed E-state index contributed by atoms with van der Waals surface area (Å²) in [5, 5.41) is 6.01. The van der Waals surface area contributed by atoms with Crippen molar-refractivity contribution in [3.05, 3.63) is 70.4 Å². The van der Waals surface area contributed by atoms with Crippen LogP contribution in [0.1, 0.15) is 31.5 Å². The van der Waals surface area contributed by atoms with Crippen molar-refractivity contribution in [2.75, 3.05) is 13.1 Å². The van der Waals surface area contributed by atoms with Crippen molar-refractivity contribution in [2.24, 2.45) is 11.8 Å². The number of likely N-dealkylation sites (tertiary alicyclic amines) is 1. The molecule has 6 heteroatoms. The Morgan fingerprint density at radius 1 is 1.07 bits per heavy atom. The fourth-order valence-corrected chi connectivity index (χ4v) is 4.33. The van der Waals surface area contributed by atoms with Crippen LogP contribution in [-0.2, 0) is 17.8 Å². The van der Waals surface area contributed by atoms with Crippen molar-refractivity contribution in [3.8, 4) is 0 Å². The highest BCUT2D eigenvalue weighted by atomic mass is 16.2. The first-order valence-corrected chi connectivity index (χ1v) is 10.2.